The number of aliphatic hydroxyl groups is 1. The third-order valence-corrected chi connectivity index (χ3v) is 4.68. The summed E-state index contributed by atoms with van der Waals surface area (Å²) in [6.45, 7) is 3.27. The third-order valence-electron chi connectivity index (χ3n) is 4.68. The van der Waals surface area contributed by atoms with Crippen molar-refractivity contribution < 1.29 is 14.3 Å². The van der Waals surface area contributed by atoms with Crippen LogP contribution in [0.5, 0.6) is 0 Å². The number of β-amino-alcohol motifs (C(OH)–C–C–N with tert-alkyl or cyclic N) is 1. The van der Waals surface area contributed by atoms with Gasteiger partial charge in [-0.15, -0.1) is 12.4 Å². The maximum atomic E-state index is 12.2. The molecule has 4 rings (SSSR count). The van der Waals surface area contributed by atoms with Crippen LogP contribution in [0.2, 0.25) is 0 Å². The van der Waals surface area contributed by atoms with E-state index in [4.69, 9.17) is 4.42 Å². The van der Waals surface area contributed by atoms with Crippen molar-refractivity contribution in [2.75, 3.05) is 18.4 Å². The van der Waals surface area contributed by atoms with Crippen LogP contribution in [0.1, 0.15) is 12.0 Å². The number of anilines is 1. The lowest BCUT2D eigenvalue weighted by Crippen LogP contribution is -2.53. The number of oxazole rings is 1. The van der Waals surface area contributed by atoms with Crippen LogP contribution >= 0.6 is 12.4 Å². The number of aromatic nitrogens is 1. The number of hydrogen-bond donors (Lipinski definition) is 4. The molecule has 2 amide bonds. The molecule has 2 heterocycles. The van der Waals surface area contributed by atoms with Gasteiger partial charge in [-0.05, 0) is 44.2 Å². The number of rotatable bonds is 3. The van der Waals surface area contributed by atoms with Crippen molar-refractivity contribution in [3.05, 3.63) is 48.0 Å². The van der Waals surface area contributed by atoms with E-state index in [0.29, 0.717) is 30.1 Å². The maximum absolute atomic E-state index is 12.2. The van der Waals surface area contributed by atoms with Crippen LogP contribution in [-0.4, -0.2) is 41.4 Å². The van der Waals surface area contributed by atoms with Crippen molar-refractivity contribution in [1.29, 1.82) is 0 Å². The SMILES string of the molecule is Cc1cccc(-c2nc3ccc(NC(=O)N[C@@H]4CCNC[C@H]4O)cc3o2)c1.Cl. The van der Waals surface area contributed by atoms with Gasteiger partial charge < -0.3 is 25.5 Å². The van der Waals surface area contributed by atoms with Crippen LogP contribution < -0.4 is 16.0 Å². The molecule has 28 heavy (non-hydrogen) atoms. The van der Waals surface area contributed by atoms with Crippen LogP contribution in [0.25, 0.3) is 22.6 Å². The number of nitrogens with zero attached hydrogens (tertiary/aromatic N) is 1. The zero-order chi connectivity index (χ0) is 18.8. The molecule has 2 atom stereocenters. The minimum absolute atomic E-state index is 0. The number of aryl methyl sites for hydroxylation is 1. The monoisotopic (exact) mass is 402 g/mol. The summed E-state index contributed by atoms with van der Waals surface area (Å²) in [7, 11) is 0. The zero-order valence-corrected chi connectivity index (χ0v) is 16.3. The third kappa shape index (κ3) is 4.44. The molecule has 0 radical (unpaired) electrons. The van der Waals surface area contributed by atoms with E-state index in [0.717, 1.165) is 23.2 Å². The summed E-state index contributed by atoms with van der Waals surface area (Å²) in [6, 6.07) is 12.7. The molecule has 148 valence electrons. The van der Waals surface area contributed by atoms with Crippen molar-refractivity contribution in [2.45, 2.75) is 25.5 Å². The molecular formula is C20H23ClN4O3. The Labute approximate surface area is 168 Å². The molecule has 8 heteroatoms. The highest BCUT2D eigenvalue weighted by Crippen LogP contribution is 2.26. The van der Waals surface area contributed by atoms with E-state index in [9.17, 15) is 9.90 Å². The van der Waals surface area contributed by atoms with Crippen molar-refractivity contribution in [2.24, 2.45) is 0 Å². The molecule has 1 fully saturated rings. The first-order valence-electron chi connectivity index (χ1n) is 9.02. The summed E-state index contributed by atoms with van der Waals surface area (Å²) >= 11 is 0. The second kappa shape index (κ2) is 8.60. The molecule has 0 bridgehead atoms. The lowest BCUT2D eigenvalue weighted by molar-refractivity contribution is 0.107. The number of piperidine rings is 1. The molecule has 3 aromatic rings. The second-order valence-corrected chi connectivity index (χ2v) is 6.84. The van der Waals surface area contributed by atoms with E-state index >= 15 is 0 Å². The van der Waals surface area contributed by atoms with Crippen LogP contribution in [0.3, 0.4) is 0 Å². The summed E-state index contributed by atoms with van der Waals surface area (Å²) in [5.41, 5.74) is 3.99. The van der Waals surface area contributed by atoms with Crippen molar-refractivity contribution in [3.63, 3.8) is 0 Å². The van der Waals surface area contributed by atoms with Crippen LogP contribution in [-0.2, 0) is 0 Å². The van der Waals surface area contributed by atoms with Crippen LogP contribution in [0.15, 0.2) is 46.9 Å². The molecule has 1 aliphatic heterocycles. The number of nitrogens with one attached hydrogen (secondary N) is 3. The lowest BCUT2D eigenvalue weighted by Gasteiger charge is -2.29. The number of amides is 2. The molecule has 0 aliphatic carbocycles. The minimum atomic E-state index is -0.585. The number of halogens is 1. The first kappa shape index (κ1) is 20.1. The molecule has 0 spiro atoms. The van der Waals surface area contributed by atoms with E-state index in [1.54, 1.807) is 12.1 Å². The molecule has 1 saturated heterocycles. The van der Waals surface area contributed by atoms with Gasteiger partial charge in [0.25, 0.3) is 0 Å². The number of hydrogen-bond acceptors (Lipinski definition) is 5. The Bertz CT molecular complexity index is 975. The van der Waals surface area contributed by atoms with Gasteiger partial charge in [0.1, 0.15) is 5.52 Å². The van der Waals surface area contributed by atoms with Gasteiger partial charge in [-0.3, -0.25) is 0 Å². The molecule has 0 saturated carbocycles. The Balaban J connectivity index is 0.00000225. The van der Waals surface area contributed by atoms with Crippen molar-refractivity contribution in [3.8, 4) is 11.5 Å². The van der Waals surface area contributed by atoms with Gasteiger partial charge >= 0.3 is 6.03 Å². The fourth-order valence-corrected chi connectivity index (χ4v) is 3.25. The Morgan fingerprint density at radius 1 is 1.29 bits per heavy atom. The highest BCUT2D eigenvalue weighted by molar-refractivity contribution is 5.92. The average Bonchev–Trinajstić information content (AvgIpc) is 3.07. The molecule has 1 aromatic heterocycles. The maximum Gasteiger partial charge on any atom is 0.319 e. The number of fused-ring (bicyclic) bond motifs is 1. The molecule has 2 aromatic carbocycles. The number of benzene rings is 2. The fourth-order valence-electron chi connectivity index (χ4n) is 3.25. The topological polar surface area (TPSA) is 99.4 Å². The summed E-state index contributed by atoms with van der Waals surface area (Å²) in [5.74, 6) is 0.549. The summed E-state index contributed by atoms with van der Waals surface area (Å²) in [4.78, 5) is 16.7. The Morgan fingerprint density at radius 3 is 2.93 bits per heavy atom. The number of carbonyl (C=O) groups excluding carboxylic acids is 1. The van der Waals surface area contributed by atoms with Gasteiger partial charge in [0, 0.05) is 23.9 Å². The largest absolute Gasteiger partial charge is 0.436 e. The van der Waals surface area contributed by atoms with Crippen molar-refractivity contribution in [1.82, 2.24) is 15.6 Å². The molecule has 7 nitrogen and oxygen atoms in total. The Kier molecular flexibility index (Phi) is 6.18. The quantitative estimate of drug-likeness (QED) is 0.539. The van der Waals surface area contributed by atoms with E-state index in [1.165, 1.54) is 0 Å². The molecule has 1 aliphatic rings. The standard InChI is InChI=1S/C20H22N4O3.ClH/c1-12-3-2-4-13(9-12)19-23-16-6-5-14(10-18(16)27-19)22-20(26)24-15-7-8-21-11-17(15)25;/h2-6,9-10,15,17,21,25H,7-8,11H2,1H3,(H2,22,24,26);1H/t15-,17-;/m1./s1. The van der Waals surface area contributed by atoms with E-state index in [1.807, 2.05) is 37.3 Å². The van der Waals surface area contributed by atoms with E-state index in [-0.39, 0.29) is 24.5 Å². The summed E-state index contributed by atoms with van der Waals surface area (Å²) in [6.07, 6.45) is 0.105. The predicted molar refractivity (Wildman–Crippen MR) is 111 cm³/mol. The Hall–Kier alpha value is -2.61. The average molecular weight is 403 g/mol. The number of carbonyl (C=O) groups is 1. The van der Waals surface area contributed by atoms with Gasteiger partial charge in [0.15, 0.2) is 5.58 Å². The molecule has 4 N–H and O–H groups in total. The van der Waals surface area contributed by atoms with Crippen LogP contribution in [0, 0.1) is 6.92 Å². The first-order chi connectivity index (χ1) is 13.1. The number of urea groups is 1. The van der Waals surface area contributed by atoms with Gasteiger partial charge in [0.05, 0.1) is 12.1 Å². The number of aliphatic hydroxyl groups excluding tert-OH is 1. The van der Waals surface area contributed by atoms with E-state index < -0.39 is 6.10 Å². The predicted octanol–water partition coefficient (Wildman–Crippen LogP) is 3.07. The normalized spacial score (nSPS) is 19.1. The summed E-state index contributed by atoms with van der Waals surface area (Å²) in [5, 5.41) is 18.6. The smallest absolute Gasteiger partial charge is 0.319 e. The zero-order valence-electron chi connectivity index (χ0n) is 15.4. The second-order valence-electron chi connectivity index (χ2n) is 6.84. The molecule has 0 unspecified atom stereocenters. The molecular weight excluding hydrogens is 380 g/mol. The highest BCUT2D eigenvalue weighted by atomic mass is 35.5. The fraction of sp³-hybridized carbons (Fsp3) is 0.300. The van der Waals surface area contributed by atoms with Gasteiger partial charge in [-0.2, -0.15) is 0 Å². The van der Waals surface area contributed by atoms with Gasteiger partial charge in [0.2, 0.25) is 5.89 Å². The van der Waals surface area contributed by atoms with Gasteiger partial charge in [-0.25, -0.2) is 9.78 Å². The first-order valence-corrected chi connectivity index (χ1v) is 9.02. The minimum Gasteiger partial charge on any atom is -0.436 e. The lowest BCUT2D eigenvalue weighted by atomic mass is 10.0. The van der Waals surface area contributed by atoms with Crippen LogP contribution in [0.4, 0.5) is 10.5 Å². The van der Waals surface area contributed by atoms with Gasteiger partial charge in [-0.1, -0.05) is 17.7 Å². The highest BCUT2D eigenvalue weighted by Gasteiger charge is 2.24. The van der Waals surface area contributed by atoms with E-state index in [2.05, 4.69) is 20.9 Å². The van der Waals surface area contributed by atoms with Crippen molar-refractivity contribution >= 4 is 35.2 Å². The summed E-state index contributed by atoms with van der Waals surface area (Å²) < 4.78 is 5.87. The Morgan fingerprint density at radius 2 is 2.14 bits per heavy atom.